The van der Waals surface area contributed by atoms with E-state index < -0.39 is 29.5 Å². The Morgan fingerprint density at radius 1 is 1.33 bits per heavy atom. The molecule has 1 atom stereocenters. The summed E-state index contributed by atoms with van der Waals surface area (Å²) in [6, 6.07) is 3.10. The Morgan fingerprint density at radius 3 is 2.54 bits per heavy atom. The van der Waals surface area contributed by atoms with Gasteiger partial charge in [0.25, 0.3) is 0 Å². The van der Waals surface area contributed by atoms with E-state index >= 15 is 0 Å². The molecule has 0 aliphatic heterocycles. The monoisotopic (exact) mass is 360 g/mol. The van der Waals surface area contributed by atoms with E-state index in [-0.39, 0.29) is 23.7 Å². The zero-order valence-corrected chi connectivity index (χ0v) is 14.9. The standard InChI is InChI=1S/C16H22ClFN2O4/c1-16(2,3)24-15(22)20-13(14(21)19-9-23-4)7-10-5-6-11(17)8-12(10)18/h5-6,8,13H,7,9H2,1-4H3,(H,19,21)(H,20,22). The van der Waals surface area contributed by atoms with E-state index in [2.05, 4.69) is 10.6 Å². The summed E-state index contributed by atoms with van der Waals surface area (Å²) in [5, 5.41) is 5.16. The van der Waals surface area contributed by atoms with Gasteiger partial charge in [0, 0.05) is 18.6 Å². The molecule has 0 radical (unpaired) electrons. The summed E-state index contributed by atoms with van der Waals surface area (Å²) in [7, 11) is 1.41. The van der Waals surface area contributed by atoms with Crippen LogP contribution in [0.3, 0.4) is 0 Å². The number of ether oxygens (including phenoxy) is 2. The van der Waals surface area contributed by atoms with Gasteiger partial charge in [0.1, 0.15) is 24.2 Å². The van der Waals surface area contributed by atoms with Gasteiger partial charge >= 0.3 is 6.09 Å². The summed E-state index contributed by atoms with van der Waals surface area (Å²) in [6.45, 7) is 5.07. The summed E-state index contributed by atoms with van der Waals surface area (Å²) in [4.78, 5) is 24.1. The predicted molar refractivity (Wildman–Crippen MR) is 88.3 cm³/mol. The van der Waals surface area contributed by atoms with Gasteiger partial charge in [-0.05, 0) is 38.5 Å². The molecule has 0 saturated heterocycles. The van der Waals surface area contributed by atoms with Crippen molar-refractivity contribution in [2.45, 2.75) is 38.8 Å². The Bertz CT molecular complexity index is 590. The lowest BCUT2D eigenvalue weighted by Gasteiger charge is -2.23. The smallest absolute Gasteiger partial charge is 0.408 e. The molecule has 0 aliphatic carbocycles. The number of amides is 2. The number of methoxy groups -OCH3 is 1. The second-order valence-electron chi connectivity index (χ2n) is 6.11. The van der Waals surface area contributed by atoms with E-state index in [0.29, 0.717) is 0 Å². The SMILES string of the molecule is COCNC(=O)C(Cc1ccc(Cl)cc1F)NC(=O)OC(C)(C)C. The second-order valence-corrected chi connectivity index (χ2v) is 6.55. The molecule has 1 unspecified atom stereocenters. The Hall–Kier alpha value is -1.86. The molecular weight excluding hydrogens is 339 g/mol. The highest BCUT2D eigenvalue weighted by molar-refractivity contribution is 6.30. The molecule has 134 valence electrons. The van der Waals surface area contributed by atoms with Gasteiger partial charge in [0.15, 0.2) is 0 Å². The second kappa shape index (κ2) is 8.84. The maximum atomic E-state index is 14.0. The van der Waals surface area contributed by atoms with Crippen LogP contribution in [0, 0.1) is 5.82 Å². The molecule has 0 heterocycles. The number of benzene rings is 1. The molecule has 0 spiro atoms. The third-order valence-corrected chi connectivity index (χ3v) is 3.07. The molecule has 6 nitrogen and oxygen atoms in total. The van der Waals surface area contributed by atoms with Crippen LogP contribution in [0.25, 0.3) is 0 Å². The van der Waals surface area contributed by atoms with Crippen molar-refractivity contribution >= 4 is 23.6 Å². The molecule has 0 aliphatic rings. The van der Waals surface area contributed by atoms with Crippen LogP contribution in [0.4, 0.5) is 9.18 Å². The number of halogens is 2. The first-order valence-corrected chi connectivity index (χ1v) is 7.70. The van der Waals surface area contributed by atoms with E-state index in [1.54, 1.807) is 20.8 Å². The molecule has 8 heteroatoms. The molecule has 0 aromatic heterocycles. The minimum atomic E-state index is -1.02. The van der Waals surface area contributed by atoms with Gasteiger partial charge in [-0.15, -0.1) is 0 Å². The Kier molecular flexibility index (Phi) is 7.44. The van der Waals surface area contributed by atoms with E-state index in [1.807, 2.05) is 0 Å². The van der Waals surface area contributed by atoms with Crippen LogP contribution >= 0.6 is 11.6 Å². The first-order chi connectivity index (χ1) is 11.1. The Labute approximate surface area is 145 Å². The minimum absolute atomic E-state index is 0.0333. The van der Waals surface area contributed by atoms with Crippen LogP contribution in [-0.4, -0.2) is 37.5 Å². The zero-order valence-electron chi connectivity index (χ0n) is 14.1. The molecule has 1 aromatic rings. The van der Waals surface area contributed by atoms with Gasteiger partial charge in [0.05, 0.1) is 0 Å². The van der Waals surface area contributed by atoms with Crippen LogP contribution in [0.15, 0.2) is 18.2 Å². The van der Waals surface area contributed by atoms with Crippen molar-refractivity contribution < 1.29 is 23.5 Å². The lowest BCUT2D eigenvalue weighted by atomic mass is 10.0. The van der Waals surface area contributed by atoms with Crippen molar-refractivity contribution in [3.05, 3.63) is 34.6 Å². The minimum Gasteiger partial charge on any atom is -0.444 e. The third-order valence-electron chi connectivity index (χ3n) is 2.84. The summed E-state index contributed by atoms with van der Waals surface area (Å²) < 4.78 is 23.9. The maximum Gasteiger partial charge on any atom is 0.408 e. The van der Waals surface area contributed by atoms with Crippen LogP contribution in [0.1, 0.15) is 26.3 Å². The molecule has 2 amide bonds. The number of rotatable bonds is 6. The van der Waals surface area contributed by atoms with Crippen molar-refractivity contribution in [1.82, 2.24) is 10.6 Å². The van der Waals surface area contributed by atoms with Crippen LogP contribution in [0.5, 0.6) is 0 Å². The van der Waals surface area contributed by atoms with Crippen LogP contribution < -0.4 is 10.6 Å². The number of hydrogen-bond donors (Lipinski definition) is 2. The fourth-order valence-electron chi connectivity index (χ4n) is 1.83. The molecule has 0 bridgehead atoms. The number of carbonyl (C=O) groups is 2. The average molecular weight is 361 g/mol. The van der Waals surface area contributed by atoms with Crippen molar-refractivity contribution in [2.75, 3.05) is 13.8 Å². The quantitative estimate of drug-likeness (QED) is 0.764. The summed E-state index contributed by atoms with van der Waals surface area (Å²) in [6.07, 6.45) is -0.827. The number of hydrogen-bond acceptors (Lipinski definition) is 4. The Morgan fingerprint density at radius 2 is 2.00 bits per heavy atom. The van der Waals surface area contributed by atoms with E-state index in [9.17, 15) is 14.0 Å². The maximum absolute atomic E-state index is 14.0. The van der Waals surface area contributed by atoms with E-state index in [0.717, 1.165) is 6.07 Å². The van der Waals surface area contributed by atoms with Gasteiger partial charge < -0.3 is 20.1 Å². The fourth-order valence-corrected chi connectivity index (χ4v) is 1.99. The first kappa shape index (κ1) is 20.2. The molecule has 1 rings (SSSR count). The number of carbonyl (C=O) groups excluding carboxylic acids is 2. The molecule has 2 N–H and O–H groups in total. The van der Waals surface area contributed by atoms with Gasteiger partial charge in [0.2, 0.25) is 5.91 Å². The van der Waals surface area contributed by atoms with Crippen molar-refractivity contribution in [3.8, 4) is 0 Å². The van der Waals surface area contributed by atoms with Gasteiger partial charge in [-0.2, -0.15) is 0 Å². The lowest BCUT2D eigenvalue weighted by molar-refractivity contribution is -0.124. The Balaban J connectivity index is 2.88. The van der Waals surface area contributed by atoms with Crippen LogP contribution in [-0.2, 0) is 20.7 Å². The van der Waals surface area contributed by atoms with Crippen molar-refractivity contribution in [2.24, 2.45) is 0 Å². The first-order valence-electron chi connectivity index (χ1n) is 7.32. The van der Waals surface area contributed by atoms with Crippen LogP contribution in [0.2, 0.25) is 5.02 Å². The zero-order chi connectivity index (χ0) is 18.3. The molecule has 24 heavy (non-hydrogen) atoms. The van der Waals surface area contributed by atoms with E-state index in [4.69, 9.17) is 21.1 Å². The van der Waals surface area contributed by atoms with Crippen molar-refractivity contribution in [1.29, 1.82) is 0 Å². The topological polar surface area (TPSA) is 76.7 Å². The van der Waals surface area contributed by atoms with Gasteiger partial charge in [-0.3, -0.25) is 4.79 Å². The van der Waals surface area contributed by atoms with Gasteiger partial charge in [-0.25, -0.2) is 9.18 Å². The average Bonchev–Trinajstić information content (AvgIpc) is 2.44. The highest BCUT2D eigenvalue weighted by Crippen LogP contribution is 2.16. The van der Waals surface area contributed by atoms with E-state index in [1.165, 1.54) is 19.2 Å². The predicted octanol–water partition coefficient (Wildman–Crippen LogP) is 2.64. The largest absolute Gasteiger partial charge is 0.444 e. The summed E-state index contributed by atoms with van der Waals surface area (Å²) in [5.41, 5.74) is -0.476. The third kappa shape index (κ3) is 7.14. The summed E-state index contributed by atoms with van der Waals surface area (Å²) >= 11 is 5.72. The van der Waals surface area contributed by atoms with Gasteiger partial charge in [-0.1, -0.05) is 17.7 Å². The highest BCUT2D eigenvalue weighted by Gasteiger charge is 2.25. The molecule has 1 aromatic carbocycles. The molecule has 0 fully saturated rings. The fraction of sp³-hybridized carbons (Fsp3) is 0.500. The number of alkyl carbamates (subject to hydrolysis) is 1. The number of nitrogens with one attached hydrogen (secondary N) is 2. The van der Waals surface area contributed by atoms with Crippen molar-refractivity contribution in [3.63, 3.8) is 0 Å². The lowest BCUT2D eigenvalue weighted by Crippen LogP contribution is -2.49. The highest BCUT2D eigenvalue weighted by atomic mass is 35.5. The summed E-state index contributed by atoms with van der Waals surface area (Å²) in [5.74, 6) is -1.07. The molecular formula is C16H22ClFN2O4. The normalized spacial score (nSPS) is 12.4. The molecule has 0 saturated carbocycles.